The Balaban J connectivity index is 2.26. The molecular formula is C12H16N4. The number of nitrogens with two attached hydrogens (primary N) is 1. The Morgan fingerprint density at radius 3 is 2.56 bits per heavy atom. The fraction of sp³-hybridized carbons (Fsp3) is 0.500. The van der Waals surface area contributed by atoms with Gasteiger partial charge in [-0.1, -0.05) is 13.8 Å². The molecule has 2 N–H and O–H groups in total. The van der Waals surface area contributed by atoms with Gasteiger partial charge in [0.25, 0.3) is 0 Å². The van der Waals surface area contributed by atoms with Gasteiger partial charge in [-0.25, -0.2) is 4.98 Å². The van der Waals surface area contributed by atoms with E-state index in [2.05, 4.69) is 23.7 Å². The molecule has 1 fully saturated rings. The van der Waals surface area contributed by atoms with Gasteiger partial charge in [-0.2, -0.15) is 5.26 Å². The molecule has 2 rings (SSSR count). The molecule has 0 spiro atoms. The first-order valence-electron chi connectivity index (χ1n) is 5.53. The summed E-state index contributed by atoms with van der Waals surface area (Å²) in [6.07, 6.45) is 0. The van der Waals surface area contributed by atoms with Crippen LogP contribution in [0.1, 0.15) is 19.5 Å². The van der Waals surface area contributed by atoms with E-state index < -0.39 is 0 Å². The molecule has 0 radical (unpaired) electrons. The maximum Gasteiger partial charge on any atom is 0.165 e. The van der Waals surface area contributed by atoms with Crippen LogP contribution in [0.3, 0.4) is 0 Å². The molecule has 1 saturated heterocycles. The van der Waals surface area contributed by atoms with Crippen molar-refractivity contribution in [1.29, 1.82) is 5.26 Å². The number of pyridine rings is 1. The summed E-state index contributed by atoms with van der Waals surface area (Å²) in [5, 5.41) is 8.88. The quantitative estimate of drug-likeness (QED) is 0.774. The molecule has 1 aliphatic heterocycles. The molecule has 0 aromatic carbocycles. The Morgan fingerprint density at radius 2 is 2.00 bits per heavy atom. The van der Waals surface area contributed by atoms with E-state index in [1.807, 2.05) is 12.1 Å². The highest BCUT2D eigenvalue weighted by atomic mass is 15.2. The summed E-state index contributed by atoms with van der Waals surface area (Å²) in [6, 6.07) is 5.67. The van der Waals surface area contributed by atoms with Gasteiger partial charge in [0, 0.05) is 13.1 Å². The zero-order valence-corrected chi connectivity index (χ0v) is 9.64. The molecule has 2 unspecified atom stereocenters. The molecular weight excluding hydrogens is 200 g/mol. The van der Waals surface area contributed by atoms with Gasteiger partial charge in [-0.15, -0.1) is 0 Å². The Hall–Kier alpha value is -1.76. The maximum absolute atomic E-state index is 8.88. The van der Waals surface area contributed by atoms with Crippen LogP contribution in [0.25, 0.3) is 0 Å². The average molecular weight is 216 g/mol. The predicted molar refractivity (Wildman–Crippen MR) is 63.9 cm³/mol. The Kier molecular flexibility index (Phi) is 2.69. The zero-order valence-electron chi connectivity index (χ0n) is 9.64. The van der Waals surface area contributed by atoms with Gasteiger partial charge < -0.3 is 10.6 Å². The lowest BCUT2D eigenvalue weighted by Crippen LogP contribution is -2.21. The molecule has 16 heavy (non-hydrogen) atoms. The van der Waals surface area contributed by atoms with Crippen LogP contribution in [-0.2, 0) is 0 Å². The second-order valence-electron chi connectivity index (χ2n) is 4.58. The van der Waals surface area contributed by atoms with Gasteiger partial charge in [0.05, 0.1) is 5.69 Å². The largest absolute Gasteiger partial charge is 0.396 e. The van der Waals surface area contributed by atoms with Gasteiger partial charge >= 0.3 is 0 Å². The highest BCUT2D eigenvalue weighted by Crippen LogP contribution is 2.27. The zero-order chi connectivity index (χ0) is 11.7. The fourth-order valence-corrected chi connectivity index (χ4v) is 2.04. The molecule has 0 saturated carbocycles. The van der Waals surface area contributed by atoms with Crippen LogP contribution in [0.2, 0.25) is 0 Å². The monoisotopic (exact) mass is 216 g/mol. The smallest absolute Gasteiger partial charge is 0.165 e. The summed E-state index contributed by atoms with van der Waals surface area (Å²) < 4.78 is 0. The number of hydrogen-bond acceptors (Lipinski definition) is 4. The van der Waals surface area contributed by atoms with E-state index in [1.165, 1.54) is 0 Å². The van der Waals surface area contributed by atoms with E-state index in [1.54, 1.807) is 6.07 Å². The number of anilines is 2. The minimum absolute atomic E-state index is 0.324. The van der Waals surface area contributed by atoms with Crippen LogP contribution in [0.4, 0.5) is 11.5 Å². The first kappa shape index (κ1) is 10.7. The van der Waals surface area contributed by atoms with E-state index in [0.29, 0.717) is 23.2 Å². The van der Waals surface area contributed by atoms with Crippen LogP contribution < -0.4 is 10.6 Å². The van der Waals surface area contributed by atoms with Gasteiger partial charge in [0.2, 0.25) is 0 Å². The molecule has 1 aromatic rings. The number of nitriles is 1. The van der Waals surface area contributed by atoms with Crippen molar-refractivity contribution in [3.8, 4) is 6.07 Å². The molecule has 1 aromatic heterocycles. The number of rotatable bonds is 1. The van der Waals surface area contributed by atoms with E-state index in [0.717, 1.165) is 18.9 Å². The number of nitrogens with zero attached hydrogens (tertiary/aromatic N) is 3. The summed E-state index contributed by atoms with van der Waals surface area (Å²) in [4.78, 5) is 6.50. The molecule has 4 nitrogen and oxygen atoms in total. The van der Waals surface area contributed by atoms with E-state index in [-0.39, 0.29) is 0 Å². The molecule has 0 amide bonds. The van der Waals surface area contributed by atoms with Crippen molar-refractivity contribution in [2.75, 3.05) is 23.7 Å². The van der Waals surface area contributed by atoms with Crippen LogP contribution in [0.5, 0.6) is 0 Å². The van der Waals surface area contributed by atoms with Crippen molar-refractivity contribution >= 4 is 11.5 Å². The second kappa shape index (κ2) is 4.01. The lowest BCUT2D eigenvalue weighted by atomic mass is 10.0. The lowest BCUT2D eigenvalue weighted by molar-refractivity contribution is 0.494. The standard InChI is InChI=1S/C12H16N4/c1-8-6-16(7-9(8)2)12-4-3-10(14)11(5-13)15-12/h3-4,8-9H,6-7,14H2,1-2H3. The van der Waals surface area contributed by atoms with Crippen molar-refractivity contribution in [2.24, 2.45) is 11.8 Å². The fourth-order valence-electron chi connectivity index (χ4n) is 2.04. The SMILES string of the molecule is CC1CN(c2ccc(N)c(C#N)n2)CC1C. The van der Waals surface area contributed by atoms with Crippen LogP contribution >= 0.6 is 0 Å². The third-order valence-corrected chi connectivity index (χ3v) is 3.33. The number of hydrogen-bond donors (Lipinski definition) is 1. The summed E-state index contributed by atoms with van der Waals surface area (Å²) in [5.41, 5.74) is 6.42. The normalized spacial score (nSPS) is 24.4. The van der Waals surface area contributed by atoms with Gasteiger partial charge in [-0.05, 0) is 24.0 Å². The maximum atomic E-state index is 8.88. The van der Waals surface area contributed by atoms with Crippen molar-refractivity contribution in [3.05, 3.63) is 17.8 Å². The van der Waals surface area contributed by atoms with E-state index in [4.69, 9.17) is 11.0 Å². The van der Waals surface area contributed by atoms with Gasteiger partial charge in [0.15, 0.2) is 5.69 Å². The Labute approximate surface area is 95.7 Å². The first-order chi connectivity index (χ1) is 7.61. The van der Waals surface area contributed by atoms with Crippen LogP contribution in [0, 0.1) is 23.2 Å². The minimum Gasteiger partial charge on any atom is -0.396 e. The summed E-state index contributed by atoms with van der Waals surface area (Å²) in [5.74, 6) is 2.21. The topological polar surface area (TPSA) is 65.9 Å². The average Bonchev–Trinajstić information content (AvgIpc) is 2.60. The summed E-state index contributed by atoms with van der Waals surface area (Å²) >= 11 is 0. The van der Waals surface area contributed by atoms with Crippen molar-refractivity contribution < 1.29 is 0 Å². The first-order valence-corrected chi connectivity index (χ1v) is 5.53. The molecule has 2 atom stereocenters. The molecule has 0 bridgehead atoms. The molecule has 1 aliphatic rings. The second-order valence-corrected chi connectivity index (χ2v) is 4.58. The van der Waals surface area contributed by atoms with E-state index in [9.17, 15) is 0 Å². The Bertz CT molecular complexity index is 425. The third kappa shape index (κ3) is 1.81. The molecule has 2 heterocycles. The summed E-state index contributed by atoms with van der Waals surface area (Å²) in [6.45, 7) is 6.49. The van der Waals surface area contributed by atoms with Crippen LogP contribution in [0.15, 0.2) is 12.1 Å². The highest BCUT2D eigenvalue weighted by molar-refractivity contribution is 5.55. The van der Waals surface area contributed by atoms with Gasteiger partial charge in [-0.3, -0.25) is 0 Å². The van der Waals surface area contributed by atoms with Crippen molar-refractivity contribution in [1.82, 2.24) is 4.98 Å². The van der Waals surface area contributed by atoms with Crippen molar-refractivity contribution in [3.63, 3.8) is 0 Å². The van der Waals surface area contributed by atoms with Crippen molar-refractivity contribution in [2.45, 2.75) is 13.8 Å². The highest BCUT2D eigenvalue weighted by Gasteiger charge is 2.27. The summed E-state index contributed by atoms with van der Waals surface area (Å²) in [7, 11) is 0. The van der Waals surface area contributed by atoms with Gasteiger partial charge in [0.1, 0.15) is 11.9 Å². The van der Waals surface area contributed by atoms with Crippen LogP contribution in [-0.4, -0.2) is 18.1 Å². The number of aromatic nitrogens is 1. The van der Waals surface area contributed by atoms with E-state index >= 15 is 0 Å². The third-order valence-electron chi connectivity index (χ3n) is 3.33. The predicted octanol–water partition coefficient (Wildman–Crippen LogP) is 1.63. The molecule has 4 heteroatoms. The minimum atomic E-state index is 0.324. The Morgan fingerprint density at radius 1 is 1.38 bits per heavy atom. The molecule has 0 aliphatic carbocycles. The molecule has 84 valence electrons. The number of nitrogen functional groups attached to an aromatic ring is 1. The lowest BCUT2D eigenvalue weighted by Gasteiger charge is -2.17.